The quantitative estimate of drug-likeness (QED) is 0.212. The number of rotatable bonds is 11. The van der Waals surface area contributed by atoms with Crippen LogP contribution in [-0.4, -0.2) is 35.9 Å². The minimum atomic E-state index is -0.994. The lowest BCUT2D eigenvalue weighted by Gasteiger charge is -2.13. The van der Waals surface area contributed by atoms with Crippen molar-refractivity contribution >= 4 is 36.5 Å². The largest absolute Gasteiger partial charge is 0.493 e. The van der Waals surface area contributed by atoms with Crippen molar-refractivity contribution in [3.05, 3.63) is 83.4 Å². The van der Waals surface area contributed by atoms with Crippen LogP contribution in [-0.2, 0) is 6.42 Å². The highest BCUT2D eigenvalue weighted by atomic mass is 35.5. The molecule has 0 heterocycles. The van der Waals surface area contributed by atoms with Gasteiger partial charge in [0.05, 0.1) is 12.7 Å². The number of halogens is 2. The Morgan fingerprint density at radius 3 is 2.26 bits per heavy atom. The lowest BCUT2D eigenvalue weighted by Crippen LogP contribution is -2.23. The first-order valence-corrected chi connectivity index (χ1v) is 10.8. The maximum atomic E-state index is 11.4. The number of ether oxygens (including phenoxy) is 1. The van der Waals surface area contributed by atoms with Crippen molar-refractivity contribution in [3.8, 4) is 16.9 Å². The second-order valence-electron chi connectivity index (χ2n) is 7.70. The van der Waals surface area contributed by atoms with Gasteiger partial charge in [0.2, 0.25) is 0 Å². The molecule has 0 bridgehead atoms. The van der Waals surface area contributed by atoms with Gasteiger partial charge in [-0.15, -0.1) is 24.8 Å². The molecule has 0 spiro atoms. The maximum absolute atomic E-state index is 11.4. The molecule has 3 aromatic rings. The Morgan fingerprint density at radius 1 is 1.00 bits per heavy atom. The van der Waals surface area contributed by atoms with E-state index in [0.29, 0.717) is 24.6 Å². The fourth-order valence-electron chi connectivity index (χ4n) is 3.38. The van der Waals surface area contributed by atoms with E-state index in [9.17, 15) is 15.0 Å². The first-order valence-electron chi connectivity index (χ1n) is 10.8. The Morgan fingerprint density at radius 2 is 1.65 bits per heavy atom. The lowest BCUT2D eigenvalue weighted by molar-refractivity contribution is 0.0692. The monoisotopic (exact) mass is 506 g/mol. The molecule has 0 saturated carbocycles. The molecule has 1 atom stereocenters. The second-order valence-corrected chi connectivity index (χ2v) is 7.70. The van der Waals surface area contributed by atoms with Gasteiger partial charge in [0.1, 0.15) is 11.3 Å². The van der Waals surface area contributed by atoms with Crippen molar-refractivity contribution in [1.29, 1.82) is 0 Å². The van der Waals surface area contributed by atoms with E-state index in [-0.39, 0.29) is 30.4 Å². The molecule has 0 radical (unpaired) electrons. The van der Waals surface area contributed by atoms with Gasteiger partial charge in [0, 0.05) is 12.2 Å². The molecule has 8 heteroatoms. The third kappa shape index (κ3) is 8.22. The van der Waals surface area contributed by atoms with E-state index in [2.05, 4.69) is 17.4 Å². The molecule has 0 aliphatic heterocycles. The van der Waals surface area contributed by atoms with Crippen molar-refractivity contribution < 1.29 is 19.7 Å². The number of benzene rings is 3. The van der Waals surface area contributed by atoms with E-state index in [0.717, 1.165) is 36.1 Å². The van der Waals surface area contributed by atoms with Crippen LogP contribution in [0.2, 0.25) is 0 Å². The summed E-state index contributed by atoms with van der Waals surface area (Å²) in [4.78, 5) is 11.4. The predicted octanol–water partition coefficient (Wildman–Crippen LogP) is 5.13. The van der Waals surface area contributed by atoms with Crippen LogP contribution in [0.25, 0.3) is 11.1 Å². The van der Waals surface area contributed by atoms with Crippen LogP contribution in [0.1, 0.15) is 40.9 Å². The molecule has 0 aliphatic rings. The Bertz CT molecular complexity index is 1030. The second kappa shape index (κ2) is 14.5. The molecule has 0 amide bonds. The SMILES string of the molecule is CCCOc1cc(-c2ccc(CCNC[C@H](O)c3ccc(N)cc3)cc2)ccc1C(=O)O.Cl.Cl. The van der Waals surface area contributed by atoms with Crippen LogP contribution < -0.4 is 15.8 Å². The molecule has 0 unspecified atom stereocenters. The topological polar surface area (TPSA) is 105 Å². The normalized spacial score (nSPS) is 11.1. The number of aromatic carboxylic acids is 1. The molecule has 184 valence electrons. The Balaban J connectivity index is 0.00000289. The predicted molar refractivity (Wildman–Crippen MR) is 142 cm³/mol. The molecule has 3 rings (SSSR count). The van der Waals surface area contributed by atoms with Gasteiger partial charge in [-0.05, 0) is 65.9 Å². The van der Waals surface area contributed by atoms with Crippen LogP contribution >= 0.6 is 24.8 Å². The summed E-state index contributed by atoms with van der Waals surface area (Å²) in [7, 11) is 0. The van der Waals surface area contributed by atoms with Crippen LogP contribution in [0.4, 0.5) is 5.69 Å². The van der Waals surface area contributed by atoms with Gasteiger partial charge in [0.15, 0.2) is 0 Å². The molecule has 0 fully saturated rings. The number of aliphatic hydroxyl groups is 1. The molecule has 34 heavy (non-hydrogen) atoms. The van der Waals surface area contributed by atoms with E-state index < -0.39 is 12.1 Å². The number of carbonyl (C=O) groups is 1. The highest BCUT2D eigenvalue weighted by Gasteiger charge is 2.13. The molecular weight excluding hydrogens is 475 g/mol. The smallest absolute Gasteiger partial charge is 0.339 e. The molecule has 3 aromatic carbocycles. The van der Waals surface area contributed by atoms with Crippen LogP contribution in [0.5, 0.6) is 5.75 Å². The van der Waals surface area contributed by atoms with Gasteiger partial charge in [-0.3, -0.25) is 0 Å². The van der Waals surface area contributed by atoms with Gasteiger partial charge in [-0.25, -0.2) is 4.79 Å². The summed E-state index contributed by atoms with van der Waals surface area (Å²) in [5.74, 6) is -0.600. The molecule has 6 nitrogen and oxygen atoms in total. The summed E-state index contributed by atoms with van der Waals surface area (Å²) >= 11 is 0. The number of nitrogens with one attached hydrogen (secondary N) is 1. The zero-order valence-electron chi connectivity index (χ0n) is 19.1. The number of nitrogen functional groups attached to an aromatic ring is 1. The van der Waals surface area contributed by atoms with Crippen molar-refractivity contribution in [2.45, 2.75) is 25.9 Å². The zero-order valence-corrected chi connectivity index (χ0v) is 20.7. The van der Waals surface area contributed by atoms with E-state index >= 15 is 0 Å². The van der Waals surface area contributed by atoms with Gasteiger partial charge in [-0.1, -0.05) is 49.4 Å². The van der Waals surface area contributed by atoms with E-state index in [1.165, 1.54) is 5.56 Å². The summed E-state index contributed by atoms with van der Waals surface area (Å²) in [5.41, 5.74) is 10.5. The summed E-state index contributed by atoms with van der Waals surface area (Å²) < 4.78 is 5.64. The third-order valence-corrected chi connectivity index (χ3v) is 5.21. The zero-order chi connectivity index (χ0) is 22.9. The van der Waals surface area contributed by atoms with Crippen LogP contribution in [0.15, 0.2) is 66.7 Å². The average Bonchev–Trinajstić information content (AvgIpc) is 2.81. The summed E-state index contributed by atoms with van der Waals surface area (Å²) in [5, 5.41) is 22.9. The Hall–Kier alpha value is -2.77. The summed E-state index contributed by atoms with van der Waals surface area (Å²) in [6.07, 6.45) is 1.07. The fraction of sp³-hybridized carbons (Fsp3) is 0.269. The standard InChI is InChI=1S/C26H30N2O4.2ClH/c1-2-15-32-25-16-21(9-12-23(25)26(30)31)19-5-3-18(4-6-19)13-14-28-17-24(29)20-7-10-22(27)11-8-20;;/h3-12,16,24,28-29H,2,13-15,17,27H2,1H3,(H,30,31);2*1H/t24-;;/m0../s1. The van der Waals surface area contributed by atoms with Crippen LogP contribution in [0.3, 0.4) is 0 Å². The number of anilines is 1. The van der Waals surface area contributed by atoms with Crippen molar-refractivity contribution in [2.75, 3.05) is 25.4 Å². The lowest BCUT2D eigenvalue weighted by atomic mass is 10.0. The average molecular weight is 507 g/mol. The number of carboxylic acid groups (broad SMARTS) is 1. The van der Waals surface area contributed by atoms with Crippen molar-refractivity contribution in [1.82, 2.24) is 5.32 Å². The molecule has 0 saturated heterocycles. The van der Waals surface area contributed by atoms with E-state index in [1.54, 1.807) is 30.3 Å². The highest BCUT2D eigenvalue weighted by molar-refractivity contribution is 5.92. The fourth-order valence-corrected chi connectivity index (χ4v) is 3.38. The first kappa shape index (κ1) is 29.3. The molecule has 5 N–H and O–H groups in total. The Labute approximate surface area is 213 Å². The highest BCUT2D eigenvalue weighted by Crippen LogP contribution is 2.28. The third-order valence-electron chi connectivity index (χ3n) is 5.21. The number of hydrogen-bond acceptors (Lipinski definition) is 5. The van der Waals surface area contributed by atoms with Gasteiger partial charge >= 0.3 is 5.97 Å². The molecule has 0 aliphatic carbocycles. The molecular formula is C26H32Cl2N2O4. The van der Waals surface area contributed by atoms with Gasteiger partial charge < -0.3 is 26.0 Å². The number of aliphatic hydroxyl groups excluding tert-OH is 1. The van der Waals surface area contributed by atoms with E-state index in [4.69, 9.17) is 10.5 Å². The van der Waals surface area contributed by atoms with Crippen LogP contribution in [0, 0.1) is 0 Å². The van der Waals surface area contributed by atoms with Gasteiger partial charge in [0.25, 0.3) is 0 Å². The molecule has 0 aromatic heterocycles. The van der Waals surface area contributed by atoms with Crippen molar-refractivity contribution in [3.63, 3.8) is 0 Å². The first-order chi connectivity index (χ1) is 15.5. The van der Waals surface area contributed by atoms with E-state index in [1.807, 2.05) is 31.2 Å². The minimum Gasteiger partial charge on any atom is -0.493 e. The Kier molecular flexibility index (Phi) is 12.5. The number of nitrogens with two attached hydrogens (primary N) is 1. The minimum absolute atomic E-state index is 0. The number of carboxylic acids is 1. The summed E-state index contributed by atoms with van der Waals surface area (Å²) in [6, 6.07) is 20.6. The maximum Gasteiger partial charge on any atom is 0.339 e. The summed E-state index contributed by atoms with van der Waals surface area (Å²) in [6.45, 7) is 3.67. The van der Waals surface area contributed by atoms with Crippen molar-refractivity contribution in [2.24, 2.45) is 0 Å². The number of hydrogen-bond donors (Lipinski definition) is 4. The van der Waals surface area contributed by atoms with Gasteiger partial charge in [-0.2, -0.15) is 0 Å².